The first-order chi connectivity index (χ1) is 8.20. The van der Waals surface area contributed by atoms with Crippen LogP contribution in [0.1, 0.15) is 20.8 Å². The molecule has 0 bridgehead atoms. The van der Waals surface area contributed by atoms with Crippen LogP contribution in [-0.4, -0.2) is 87.7 Å². The monoisotopic (exact) mass is 258 g/mol. The summed E-state index contributed by atoms with van der Waals surface area (Å²) in [5.74, 6) is 0. The molecule has 0 aliphatic rings. The van der Waals surface area contributed by atoms with Gasteiger partial charge in [-0.05, 0) is 49.0 Å². The Hall–Kier alpha value is -0.160. The third-order valence-electron chi connectivity index (χ3n) is 2.81. The molecule has 18 heavy (non-hydrogen) atoms. The van der Waals surface area contributed by atoms with Crippen molar-refractivity contribution < 1.29 is 0 Å². The van der Waals surface area contributed by atoms with Crippen LogP contribution in [0, 0.1) is 0 Å². The summed E-state index contributed by atoms with van der Waals surface area (Å²) >= 11 is 0. The minimum absolute atomic E-state index is 0.217. The van der Waals surface area contributed by atoms with Gasteiger partial charge in [0.15, 0.2) is 0 Å². The van der Waals surface area contributed by atoms with E-state index in [2.05, 4.69) is 69.0 Å². The number of nitrogens with zero attached hydrogens (tertiary/aromatic N) is 3. The number of likely N-dealkylation sites (N-methyl/N-ethyl adjacent to an activating group) is 2. The van der Waals surface area contributed by atoms with Crippen molar-refractivity contribution in [1.82, 2.24) is 20.0 Å². The van der Waals surface area contributed by atoms with Crippen LogP contribution in [0.4, 0.5) is 0 Å². The van der Waals surface area contributed by atoms with Crippen molar-refractivity contribution in [2.75, 3.05) is 67.5 Å². The van der Waals surface area contributed by atoms with Gasteiger partial charge >= 0.3 is 0 Å². The molecule has 0 aromatic rings. The molecule has 0 aromatic carbocycles. The van der Waals surface area contributed by atoms with Gasteiger partial charge < -0.3 is 15.1 Å². The summed E-state index contributed by atoms with van der Waals surface area (Å²) in [5, 5.41) is 3.56. The molecule has 0 saturated heterocycles. The van der Waals surface area contributed by atoms with Gasteiger partial charge in [0.1, 0.15) is 0 Å². The van der Waals surface area contributed by atoms with Crippen molar-refractivity contribution >= 4 is 0 Å². The molecule has 0 aromatic heterocycles. The maximum Gasteiger partial charge on any atom is 0.0110 e. The van der Waals surface area contributed by atoms with Crippen LogP contribution in [-0.2, 0) is 0 Å². The number of hydrogen-bond acceptors (Lipinski definition) is 4. The average molecular weight is 258 g/mol. The van der Waals surface area contributed by atoms with E-state index in [4.69, 9.17) is 0 Å². The van der Waals surface area contributed by atoms with Crippen LogP contribution in [0.3, 0.4) is 0 Å². The van der Waals surface area contributed by atoms with E-state index >= 15 is 0 Å². The van der Waals surface area contributed by atoms with Crippen LogP contribution >= 0.6 is 0 Å². The highest BCUT2D eigenvalue weighted by Gasteiger charge is 2.10. The molecule has 0 radical (unpaired) electrons. The highest BCUT2D eigenvalue weighted by Crippen LogP contribution is 1.98. The highest BCUT2D eigenvalue weighted by molar-refractivity contribution is 4.72. The average Bonchev–Trinajstić information content (AvgIpc) is 2.19. The zero-order valence-electron chi connectivity index (χ0n) is 13.6. The van der Waals surface area contributed by atoms with Crippen molar-refractivity contribution in [2.24, 2.45) is 0 Å². The summed E-state index contributed by atoms with van der Waals surface area (Å²) < 4.78 is 0. The Morgan fingerprint density at radius 1 is 0.722 bits per heavy atom. The first-order valence-electron chi connectivity index (χ1n) is 6.97. The minimum atomic E-state index is 0.217. The van der Waals surface area contributed by atoms with E-state index in [9.17, 15) is 0 Å². The Balaban J connectivity index is 3.95. The Morgan fingerprint density at radius 3 is 1.50 bits per heavy atom. The lowest BCUT2D eigenvalue weighted by molar-refractivity contribution is 0.213. The summed E-state index contributed by atoms with van der Waals surface area (Å²) in [6.45, 7) is 13.4. The molecular formula is C14H34N4. The molecule has 1 N–H and O–H groups in total. The standard InChI is InChI=1S/C14H34N4/c1-14(2,3)15-8-9-18(12-10-16(4)5)13-11-17(6)7/h15H,8-13H2,1-7H3. The fraction of sp³-hybridized carbons (Fsp3) is 1.00. The molecule has 0 spiro atoms. The zero-order valence-corrected chi connectivity index (χ0v) is 13.6. The first-order valence-corrected chi connectivity index (χ1v) is 6.97. The molecule has 0 unspecified atom stereocenters. The van der Waals surface area contributed by atoms with E-state index in [1.165, 1.54) is 0 Å². The molecule has 0 heterocycles. The van der Waals surface area contributed by atoms with Crippen molar-refractivity contribution in [1.29, 1.82) is 0 Å². The molecule has 0 rings (SSSR count). The molecule has 110 valence electrons. The van der Waals surface area contributed by atoms with Crippen LogP contribution in [0.2, 0.25) is 0 Å². The zero-order chi connectivity index (χ0) is 14.2. The Kier molecular flexibility index (Phi) is 8.78. The van der Waals surface area contributed by atoms with Gasteiger partial charge in [-0.15, -0.1) is 0 Å². The van der Waals surface area contributed by atoms with E-state index in [-0.39, 0.29) is 5.54 Å². The molecule has 0 aliphatic carbocycles. The lowest BCUT2D eigenvalue weighted by atomic mass is 10.1. The molecule has 0 atom stereocenters. The van der Waals surface area contributed by atoms with E-state index < -0.39 is 0 Å². The SMILES string of the molecule is CN(C)CCN(CCNC(C)(C)C)CCN(C)C. The second-order valence-corrected chi connectivity index (χ2v) is 6.62. The molecule has 0 fully saturated rings. The minimum Gasteiger partial charge on any atom is -0.311 e. The molecule has 0 aliphatic heterocycles. The van der Waals surface area contributed by atoms with Crippen molar-refractivity contribution in [3.05, 3.63) is 0 Å². The lowest BCUT2D eigenvalue weighted by Gasteiger charge is -2.28. The lowest BCUT2D eigenvalue weighted by Crippen LogP contribution is -2.44. The predicted molar refractivity (Wildman–Crippen MR) is 81.3 cm³/mol. The van der Waals surface area contributed by atoms with Crippen LogP contribution < -0.4 is 5.32 Å². The van der Waals surface area contributed by atoms with Crippen LogP contribution in [0.5, 0.6) is 0 Å². The Labute approximate surface area is 114 Å². The topological polar surface area (TPSA) is 21.8 Å². The fourth-order valence-electron chi connectivity index (χ4n) is 1.61. The van der Waals surface area contributed by atoms with Crippen LogP contribution in [0.15, 0.2) is 0 Å². The largest absolute Gasteiger partial charge is 0.311 e. The summed E-state index contributed by atoms with van der Waals surface area (Å²) in [7, 11) is 8.55. The highest BCUT2D eigenvalue weighted by atomic mass is 15.2. The van der Waals surface area contributed by atoms with Crippen molar-refractivity contribution in [3.63, 3.8) is 0 Å². The third kappa shape index (κ3) is 12.3. The second-order valence-electron chi connectivity index (χ2n) is 6.62. The van der Waals surface area contributed by atoms with E-state index in [1.807, 2.05) is 0 Å². The maximum atomic E-state index is 3.56. The van der Waals surface area contributed by atoms with Gasteiger partial charge in [0.05, 0.1) is 0 Å². The summed E-state index contributed by atoms with van der Waals surface area (Å²) in [4.78, 5) is 7.04. The van der Waals surface area contributed by atoms with E-state index in [1.54, 1.807) is 0 Å². The van der Waals surface area contributed by atoms with E-state index in [0.29, 0.717) is 0 Å². The maximum absolute atomic E-state index is 3.56. The van der Waals surface area contributed by atoms with Gasteiger partial charge in [-0.25, -0.2) is 0 Å². The first kappa shape index (κ1) is 17.8. The smallest absolute Gasteiger partial charge is 0.0110 e. The number of hydrogen-bond donors (Lipinski definition) is 1. The van der Waals surface area contributed by atoms with Crippen molar-refractivity contribution in [3.8, 4) is 0 Å². The summed E-state index contributed by atoms with van der Waals surface area (Å²) in [6.07, 6.45) is 0. The molecule has 4 nitrogen and oxygen atoms in total. The molecular weight excluding hydrogens is 224 g/mol. The van der Waals surface area contributed by atoms with Gasteiger partial charge in [0, 0.05) is 44.8 Å². The van der Waals surface area contributed by atoms with E-state index in [0.717, 1.165) is 39.3 Å². The van der Waals surface area contributed by atoms with Gasteiger partial charge in [-0.2, -0.15) is 0 Å². The predicted octanol–water partition coefficient (Wildman–Crippen LogP) is 0.800. The van der Waals surface area contributed by atoms with Gasteiger partial charge in [0.2, 0.25) is 0 Å². The fourth-order valence-corrected chi connectivity index (χ4v) is 1.61. The van der Waals surface area contributed by atoms with Gasteiger partial charge in [-0.3, -0.25) is 4.90 Å². The Morgan fingerprint density at radius 2 is 1.17 bits per heavy atom. The molecule has 0 amide bonds. The quantitative estimate of drug-likeness (QED) is 0.660. The second kappa shape index (κ2) is 8.86. The number of nitrogens with one attached hydrogen (secondary N) is 1. The van der Waals surface area contributed by atoms with Crippen molar-refractivity contribution in [2.45, 2.75) is 26.3 Å². The third-order valence-corrected chi connectivity index (χ3v) is 2.81. The van der Waals surface area contributed by atoms with Gasteiger partial charge in [0.25, 0.3) is 0 Å². The molecule has 0 saturated carbocycles. The summed E-state index contributed by atoms with van der Waals surface area (Å²) in [5.41, 5.74) is 0.217. The summed E-state index contributed by atoms with van der Waals surface area (Å²) in [6, 6.07) is 0. The Bertz CT molecular complexity index is 184. The normalized spacial score (nSPS) is 13.0. The number of rotatable bonds is 9. The van der Waals surface area contributed by atoms with Gasteiger partial charge in [-0.1, -0.05) is 0 Å². The molecule has 4 heteroatoms. The van der Waals surface area contributed by atoms with Crippen LogP contribution in [0.25, 0.3) is 0 Å².